The van der Waals surface area contributed by atoms with E-state index in [0.29, 0.717) is 11.3 Å². The van der Waals surface area contributed by atoms with Gasteiger partial charge in [0.15, 0.2) is 0 Å². The van der Waals surface area contributed by atoms with Crippen molar-refractivity contribution in [2.45, 2.75) is 31.4 Å². The maximum absolute atomic E-state index is 13.7. The van der Waals surface area contributed by atoms with Crippen molar-refractivity contribution in [2.24, 2.45) is 5.73 Å². The Morgan fingerprint density at radius 1 is 1.50 bits per heavy atom. The summed E-state index contributed by atoms with van der Waals surface area (Å²) < 4.78 is 19.0. The molecule has 3 N–H and O–H groups in total. The van der Waals surface area contributed by atoms with Gasteiger partial charge in [-0.1, -0.05) is 18.3 Å². The molecule has 2 unspecified atom stereocenters. The molecule has 1 aromatic rings. The van der Waals surface area contributed by atoms with E-state index < -0.39 is 0 Å². The van der Waals surface area contributed by atoms with E-state index in [2.05, 4.69) is 5.32 Å². The van der Waals surface area contributed by atoms with Gasteiger partial charge in [0.2, 0.25) is 0 Å². The molecule has 0 aromatic heterocycles. The zero-order valence-electron chi connectivity index (χ0n) is 10.3. The third-order valence-electron chi connectivity index (χ3n) is 3.34. The number of nitrogens with one attached hydrogen (secondary N) is 1. The fraction of sp³-hybridized carbons (Fsp3) is 0.462. The van der Waals surface area contributed by atoms with Crippen molar-refractivity contribution in [2.75, 3.05) is 12.4 Å². The third kappa shape index (κ3) is 2.79. The van der Waals surface area contributed by atoms with Crippen LogP contribution >= 0.6 is 12.2 Å². The molecule has 0 bridgehead atoms. The van der Waals surface area contributed by atoms with Crippen LogP contribution in [-0.4, -0.2) is 24.2 Å². The number of methoxy groups -OCH3 is 1. The fourth-order valence-electron chi connectivity index (χ4n) is 2.40. The predicted octanol–water partition coefficient (Wildman–Crippen LogP) is 2.44. The summed E-state index contributed by atoms with van der Waals surface area (Å²) in [5.41, 5.74) is 6.54. The van der Waals surface area contributed by atoms with Gasteiger partial charge in [-0.05, 0) is 31.4 Å². The molecule has 1 aliphatic carbocycles. The molecule has 5 heteroatoms. The molecule has 0 heterocycles. The third-order valence-corrected chi connectivity index (χ3v) is 3.54. The fourth-order valence-corrected chi connectivity index (χ4v) is 2.61. The Labute approximate surface area is 112 Å². The van der Waals surface area contributed by atoms with Crippen LogP contribution < -0.4 is 11.1 Å². The van der Waals surface area contributed by atoms with Crippen LogP contribution in [0.5, 0.6) is 0 Å². The van der Waals surface area contributed by atoms with Crippen LogP contribution in [0.15, 0.2) is 18.2 Å². The standard InChI is InChI=1S/C13H17FN2OS/c1-17-9-6-5-8(7-9)16-11-4-2-3-10(14)12(11)13(15)18/h2-4,8-9,16H,5-7H2,1H3,(H2,15,18). The molecule has 1 fully saturated rings. The highest BCUT2D eigenvalue weighted by Crippen LogP contribution is 2.27. The smallest absolute Gasteiger partial charge is 0.135 e. The normalized spacial score (nSPS) is 23.0. The van der Waals surface area contributed by atoms with Gasteiger partial charge in [-0.15, -0.1) is 0 Å². The van der Waals surface area contributed by atoms with Crippen molar-refractivity contribution < 1.29 is 9.13 Å². The molecule has 18 heavy (non-hydrogen) atoms. The second-order valence-corrected chi connectivity index (χ2v) is 4.98. The van der Waals surface area contributed by atoms with Gasteiger partial charge in [0.1, 0.15) is 10.8 Å². The number of hydrogen-bond acceptors (Lipinski definition) is 3. The average Bonchev–Trinajstić information content (AvgIpc) is 2.76. The van der Waals surface area contributed by atoms with Crippen molar-refractivity contribution in [1.82, 2.24) is 0 Å². The number of thiocarbonyl (C=S) groups is 1. The van der Waals surface area contributed by atoms with Gasteiger partial charge >= 0.3 is 0 Å². The van der Waals surface area contributed by atoms with E-state index in [1.807, 2.05) is 0 Å². The lowest BCUT2D eigenvalue weighted by Gasteiger charge is -2.17. The first-order chi connectivity index (χ1) is 8.61. The van der Waals surface area contributed by atoms with Crippen LogP contribution in [0, 0.1) is 5.82 Å². The second-order valence-electron chi connectivity index (χ2n) is 4.54. The average molecular weight is 268 g/mol. The lowest BCUT2D eigenvalue weighted by molar-refractivity contribution is 0.108. The minimum atomic E-state index is -0.381. The van der Waals surface area contributed by atoms with Gasteiger partial charge in [0.05, 0.1) is 11.7 Å². The molecule has 98 valence electrons. The Morgan fingerprint density at radius 3 is 2.89 bits per heavy atom. The van der Waals surface area contributed by atoms with Gasteiger partial charge in [0, 0.05) is 18.8 Å². The van der Waals surface area contributed by atoms with Gasteiger partial charge in [-0.3, -0.25) is 0 Å². The number of halogens is 1. The van der Waals surface area contributed by atoms with E-state index in [1.54, 1.807) is 19.2 Å². The summed E-state index contributed by atoms with van der Waals surface area (Å²) in [6.07, 6.45) is 3.23. The number of ether oxygens (including phenoxy) is 1. The van der Waals surface area contributed by atoms with Crippen molar-refractivity contribution >= 4 is 22.9 Å². The Hall–Kier alpha value is -1.20. The molecule has 0 spiro atoms. The second kappa shape index (κ2) is 5.63. The van der Waals surface area contributed by atoms with Crippen LogP contribution in [0.25, 0.3) is 0 Å². The summed E-state index contributed by atoms with van der Waals surface area (Å²) >= 11 is 4.90. The molecule has 0 aliphatic heterocycles. The largest absolute Gasteiger partial charge is 0.389 e. The van der Waals surface area contributed by atoms with Gasteiger partial charge < -0.3 is 15.8 Å². The molecule has 2 rings (SSSR count). The van der Waals surface area contributed by atoms with E-state index in [1.165, 1.54) is 6.07 Å². The van der Waals surface area contributed by atoms with Crippen LogP contribution in [0.1, 0.15) is 24.8 Å². The van der Waals surface area contributed by atoms with Crippen molar-refractivity contribution in [1.29, 1.82) is 0 Å². The topological polar surface area (TPSA) is 47.3 Å². The summed E-state index contributed by atoms with van der Waals surface area (Å²) in [4.78, 5) is 0.0805. The number of rotatable bonds is 4. The highest BCUT2D eigenvalue weighted by atomic mass is 32.1. The van der Waals surface area contributed by atoms with E-state index in [4.69, 9.17) is 22.7 Å². The summed E-state index contributed by atoms with van der Waals surface area (Å²) in [5.74, 6) is -0.381. The molecule has 3 nitrogen and oxygen atoms in total. The van der Waals surface area contributed by atoms with E-state index in [0.717, 1.165) is 19.3 Å². The predicted molar refractivity (Wildman–Crippen MR) is 74.3 cm³/mol. The summed E-state index contributed by atoms with van der Waals surface area (Å²) in [6.45, 7) is 0. The molecule has 1 saturated carbocycles. The van der Waals surface area contributed by atoms with Gasteiger partial charge in [-0.25, -0.2) is 4.39 Å². The summed E-state index contributed by atoms with van der Waals surface area (Å²) in [7, 11) is 1.72. The molecule has 2 atom stereocenters. The molecule has 1 aliphatic rings. The van der Waals surface area contributed by atoms with Crippen molar-refractivity contribution in [3.63, 3.8) is 0 Å². The molecular formula is C13H17FN2OS. The zero-order valence-corrected chi connectivity index (χ0v) is 11.1. The first-order valence-corrected chi connectivity index (χ1v) is 6.40. The molecular weight excluding hydrogens is 251 g/mol. The Kier molecular flexibility index (Phi) is 4.14. The van der Waals surface area contributed by atoms with E-state index in [-0.39, 0.29) is 23.0 Å². The number of benzene rings is 1. The Bertz CT molecular complexity index is 453. The highest BCUT2D eigenvalue weighted by molar-refractivity contribution is 7.80. The van der Waals surface area contributed by atoms with Crippen LogP contribution in [0.3, 0.4) is 0 Å². The molecule has 0 saturated heterocycles. The molecule has 0 radical (unpaired) electrons. The summed E-state index contributed by atoms with van der Waals surface area (Å²) in [5, 5.41) is 3.31. The SMILES string of the molecule is COC1CCC(Nc2cccc(F)c2C(N)=S)C1. The van der Waals surface area contributed by atoms with Crippen LogP contribution in [0.2, 0.25) is 0 Å². The monoisotopic (exact) mass is 268 g/mol. The van der Waals surface area contributed by atoms with E-state index in [9.17, 15) is 4.39 Å². The quantitative estimate of drug-likeness (QED) is 0.823. The van der Waals surface area contributed by atoms with Crippen LogP contribution in [0.4, 0.5) is 10.1 Å². The lowest BCUT2D eigenvalue weighted by Crippen LogP contribution is -2.21. The lowest BCUT2D eigenvalue weighted by atomic mass is 10.1. The number of nitrogens with two attached hydrogens (primary N) is 1. The van der Waals surface area contributed by atoms with Gasteiger partial charge in [0.25, 0.3) is 0 Å². The summed E-state index contributed by atoms with van der Waals surface area (Å²) in [6, 6.07) is 5.11. The van der Waals surface area contributed by atoms with Crippen molar-refractivity contribution in [3.8, 4) is 0 Å². The maximum Gasteiger partial charge on any atom is 0.135 e. The molecule has 1 aromatic carbocycles. The Morgan fingerprint density at radius 2 is 2.28 bits per heavy atom. The van der Waals surface area contributed by atoms with Crippen LogP contribution in [-0.2, 0) is 4.74 Å². The number of anilines is 1. The maximum atomic E-state index is 13.7. The van der Waals surface area contributed by atoms with E-state index >= 15 is 0 Å². The minimum absolute atomic E-state index is 0.0805. The zero-order chi connectivity index (χ0) is 13.1. The highest BCUT2D eigenvalue weighted by Gasteiger charge is 2.25. The first kappa shape index (κ1) is 13.2. The molecule has 0 amide bonds. The number of hydrogen-bond donors (Lipinski definition) is 2. The minimum Gasteiger partial charge on any atom is -0.389 e. The van der Waals surface area contributed by atoms with Crippen molar-refractivity contribution in [3.05, 3.63) is 29.6 Å². The Balaban J connectivity index is 2.15. The van der Waals surface area contributed by atoms with Gasteiger partial charge in [-0.2, -0.15) is 0 Å². The first-order valence-electron chi connectivity index (χ1n) is 5.99.